The number of rotatable bonds is 0. The maximum atomic E-state index is 8.89. The maximum absolute atomic E-state index is 8.89. The van der Waals surface area contributed by atoms with Gasteiger partial charge in [0.05, 0.1) is 0 Å². The molecule has 0 spiro atoms. The Labute approximate surface area is 189 Å². The topological polar surface area (TPSA) is 367 Å². The zero-order valence-corrected chi connectivity index (χ0v) is 20.6. The van der Waals surface area contributed by atoms with E-state index in [4.69, 9.17) is 59.4 Å². The molecule has 0 aliphatic carbocycles. The summed E-state index contributed by atoms with van der Waals surface area (Å²) in [5.74, 6) is -6.50. The van der Waals surface area contributed by atoms with Crippen LogP contribution in [0, 0.1) is 31.1 Å². The molecule has 16 nitrogen and oxygen atoms in total. The molecule has 0 aliphatic rings. The molecule has 0 rings (SSSR count). The number of carbonyl (C=O) groups excluding carboxylic acids is 6. The molecule has 0 unspecified atom stereocenters. The van der Waals surface area contributed by atoms with Gasteiger partial charge in [-0.1, -0.05) is 0 Å². The fraction of sp³-hybridized carbons (Fsp3) is 0.500. The molecule has 0 aromatic heterocycles. The molecule has 0 amide bonds. The Bertz CT molecular complexity index is 265. The van der Waals surface area contributed by atoms with E-state index in [0.29, 0.717) is 0 Å². The molecule has 0 saturated heterocycles. The molecule has 0 heterocycles. The van der Waals surface area contributed by atoms with E-state index in [0.717, 1.165) is 41.5 Å². The maximum Gasteiger partial charge on any atom is 6.00 e. The van der Waals surface area contributed by atoms with Crippen LogP contribution in [0.5, 0.6) is 0 Å². The van der Waals surface area contributed by atoms with Crippen molar-refractivity contribution in [2.45, 2.75) is 41.5 Å². The van der Waals surface area contributed by atoms with E-state index in [9.17, 15) is 0 Å². The molecule has 0 aromatic rings. The zero-order chi connectivity index (χ0) is 21.5. The van der Waals surface area contributed by atoms with Gasteiger partial charge in [-0.2, -0.15) is 0 Å². The summed E-state index contributed by atoms with van der Waals surface area (Å²) in [4.78, 5) is 53.3. The second-order valence-electron chi connectivity index (χ2n) is 2.95. The fourth-order valence-electron chi connectivity index (χ4n) is 0. The van der Waals surface area contributed by atoms with E-state index in [-0.39, 0.29) is 53.0 Å². The molecule has 17 heteroatoms. The summed E-state index contributed by atoms with van der Waals surface area (Å²) in [7, 11) is 0. The first-order valence-corrected chi connectivity index (χ1v) is 5.45. The van der Waals surface area contributed by atoms with Crippen molar-refractivity contribution < 1.29 is 112 Å². The van der Waals surface area contributed by atoms with Crippen LogP contribution in [0.2, 0.25) is 0 Å². The molecular weight excluding hydrogens is 638 g/mol. The molecule has 0 atom stereocenters. The van der Waals surface area contributed by atoms with Crippen molar-refractivity contribution in [2.75, 3.05) is 0 Å². The Balaban J connectivity index is -0.0000000144. The molecule has 8 N–H and O–H groups in total. The SMILES string of the molecule is CC(=O)[O-].CC(=O)[O-].CC(=O)[O-].CC(=O)[O-].CC(=O)[O-].CC(=O)[O-].O.O.O.O.[U+6]. The van der Waals surface area contributed by atoms with E-state index in [1.165, 1.54) is 0 Å². The van der Waals surface area contributed by atoms with Gasteiger partial charge in [-0.25, -0.2) is 0 Å². The summed E-state index contributed by atoms with van der Waals surface area (Å²) in [5, 5.41) is 53.3. The molecule has 0 radical (unpaired) electrons. The van der Waals surface area contributed by atoms with Crippen molar-refractivity contribution in [1.82, 2.24) is 0 Å². The number of hydrogen-bond acceptors (Lipinski definition) is 12. The van der Waals surface area contributed by atoms with Gasteiger partial charge in [0.2, 0.25) is 0 Å². The zero-order valence-electron chi connectivity index (χ0n) is 16.4. The van der Waals surface area contributed by atoms with Crippen LogP contribution in [0.3, 0.4) is 0 Å². The first-order valence-electron chi connectivity index (χ1n) is 5.45. The van der Waals surface area contributed by atoms with Crippen molar-refractivity contribution in [2.24, 2.45) is 0 Å². The van der Waals surface area contributed by atoms with Crippen LogP contribution in [0.1, 0.15) is 41.5 Å². The van der Waals surface area contributed by atoms with Crippen molar-refractivity contribution in [3.63, 3.8) is 0 Å². The Morgan fingerprint density at radius 1 is 0.345 bits per heavy atom. The van der Waals surface area contributed by atoms with Gasteiger partial charge < -0.3 is 81.3 Å². The Morgan fingerprint density at radius 3 is 0.345 bits per heavy atom. The summed E-state index contributed by atoms with van der Waals surface area (Å²) < 4.78 is 0. The molecule has 0 aromatic carbocycles. The number of carboxylic acid groups (broad SMARTS) is 6. The summed E-state index contributed by atoms with van der Waals surface area (Å²) in [6.07, 6.45) is 0. The third-order valence-corrected chi connectivity index (χ3v) is 0. The van der Waals surface area contributed by atoms with Gasteiger partial charge in [-0.3, -0.25) is 0 Å². The van der Waals surface area contributed by atoms with E-state index >= 15 is 0 Å². The average Bonchev–Trinajstić information content (AvgIpc) is 2.08. The number of hydrogen-bond donors (Lipinski definition) is 0. The van der Waals surface area contributed by atoms with Gasteiger partial charge in [-0.05, 0) is 41.5 Å². The van der Waals surface area contributed by atoms with Crippen molar-refractivity contribution in [3.8, 4) is 0 Å². The third kappa shape index (κ3) is 2760. The average molecular weight is 664 g/mol. The Morgan fingerprint density at radius 2 is 0.345 bits per heavy atom. The van der Waals surface area contributed by atoms with Crippen LogP contribution in [-0.4, -0.2) is 57.7 Å². The van der Waals surface area contributed by atoms with E-state index in [1.807, 2.05) is 0 Å². The standard InChI is InChI=1S/6C2H4O2.4H2O.U/c6*1-2(3)4;;;;;/h6*1H3,(H,3,4);4*1H2;/q;;;;;;;;;;+6/p-6. The smallest absolute Gasteiger partial charge is 0.550 e. The van der Waals surface area contributed by atoms with Crippen LogP contribution in [0.4, 0.5) is 0 Å². The normalized spacial score (nSPS) is 5.17. The number of carbonyl (C=O) groups is 6. The molecule has 0 saturated carbocycles. The second-order valence-corrected chi connectivity index (χ2v) is 2.95. The molecule has 0 fully saturated rings. The molecule has 0 bridgehead atoms. The summed E-state index contributed by atoms with van der Waals surface area (Å²) in [6, 6.07) is 0. The van der Waals surface area contributed by atoms with Gasteiger partial charge in [0.15, 0.2) is 0 Å². The van der Waals surface area contributed by atoms with Crippen LogP contribution in [0.25, 0.3) is 0 Å². The minimum absolute atomic E-state index is 0. The Kier molecular flexibility index (Phi) is 157. The monoisotopic (exact) mass is 664 g/mol. The van der Waals surface area contributed by atoms with Gasteiger partial charge in [0, 0.05) is 35.8 Å². The summed E-state index contributed by atoms with van der Waals surface area (Å²) in [5.41, 5.74) is 0. The van der Waals surface area contributed by atoms with Crippen molar-refractivity contribution in [3.05, 3.63) is 0 Å². The quantitative estimate of drug-likeness (QED) is 0.233. The van der Waals surface area contributed by atoms with E-state index in [1.54, 1.807) is 0 Å². The fourth-order valence-corrected chi connectivity index (χ4v) is 0. The minimum atomic E-state index is -1.08. The summed E-state index contributed by atoms with van der Waals surface area (Å²) >= 11 is 0. The predicted molar refractivity (Wildman–Crippen MR) is 78.5 cm³/mol. The molecule has 0 aliphatic heterocycles. The summed E-state index contributed by atoms with van der Waals surface area (Å²) in [6.45, 7) is 5.83. The van der Waals surface area contributed by atoms with Crippen LogP contribution in [0.15, 0.2) is 0 Å². The van der Waals surface area contributed by atoms with Gasteiger partial charge in [0.25, 0.3) is 0 Å². The van der Waals surface area contributed by atoms with Crippen LogP contribution in [-0.2, 0) is 28.8 Å². The second kappa shape index (κ2) is 63.6. The van der Waals surface area contributed by atoms with Crippen LogP contribution >= 0.6 is 0 Å². The molecule has 29 heavy (non-hydrogen) atoms. The van der Waals surface area contributed by atoms with E-state index in [2.05, 4.69) is 0 Å². The van der Waals surface area contributed by atoms with Gasteiger partial charge in [0.1, 0.15) is 0 Å². The third-order valence-electron chi connectivity index (χ3n) is 0. The minimum Gasteiger partial charge on any atom is -0.550 e. The Hall–Kier alpha value is -2.29. The number of carboxylic acids is 6. The molecule has 174 valence electrons. The van der Waals surface area contributed by atoms with Gasteiger partial charge in [-0.15, -0.1) is 0 Å². The van der Waals surface area contributed by atoms with E-state index < -0.39 is 35.8 Å². The first kappa shape index (κ1) is 71.5. The van der Waals surface area contributed by atoms with Crippen molar-refractivity contribution >= 4 is 35.8 Å². The first-order chi connectivity index (χ1) is 10.4. The van der Waals surface area contributed by atoms with Crippen LogP contribution < -0.4 is 30.6 Å². The van der Waals surface area contributed by atoms with Crippen molar-refractivity contribution in [1.29, 1.82) is 0 Å². The van der Waals surface area contributed by atoms with Gasteiger partial charge >= 0.3 is 31.1 Å². The molecular formula is C12H26O16U. The predicted octanol–water partition coefficient (Wildman–Crippen LogP) is -10.8. The number of aliphatic carboxylic acids is 6. The largest absolute Gasteiger partial charge is 6.00 e.